The number of hydrogen-bond donors (Lipinski definition) is 5. The standard InChI is InChI=1S/2CH2O3.H3N.3Na.3H/c2*2-1(3)4;;;;;;;/h2*(H2,2,3,4);1H3;;;;;;/p+1. The van der Waals surface area contributed by atoms with Crippen LogP contribution in [0, 0.1) is 0 Å². The van der Waals surface area contributed by atoms with Gasteiger partial charge in [-0.3, -0.25) is 0 Å². The van der Waals surface area contributed by atoms with Crippen LogP contribution in [0.2, 0.25) is 0 Å². The third-order valence-electron chi connectivity index (χ3n) is 0. The molecule has 7 nitrogen and oxygen atoms in total. The third kappa shape index (κ3) is 564. The minimum atomic E-state index is -1.83. The van der Waals surface area contributed by atoms with Crippen LogP contribution in [0.15, 0.2) is 0 Å². The van der Waals surface area contributed by atoms with E-state index < -0.39 is 12.3 Å². The molecule has 0 spiro atoms. The Balaban J connectivity index is -0.00000000800. The van der Waals surface area contributed by atoms with Gasteiger partial charge in [-0.15, -0.1) is 0 Å². The predicted molar refractivity (Wildman–Crippen MR) is 48.9 cm³/mol. The van der Waals surface area contributed by atoms with Gasteiger partial charge in [0.15, 0.2) is 0 Å². The van der Waals surface area contributed by atoms with Crippen LogP contribution in [0.25, 0.3) is 0 Å². The number of rotatable bonds is 0. The predicted octanol–water partition coefficient (Wildman–Crippen LogP) is -1.23. The Bertz CT molecular complexity index is 83.9. The summed E-state index contributed by atoms with van der Waals surface area (Å²) in [6.45, 7) is 0. The summed E-state index contributed by atoms with van der Waals surface area (Å²) in [6, 6.07) is 0. The first-order chi connectivity index (χ1) is 3.46. The van der Waals surface area contributed by atoms with Crippen LogP contribution < -0.4 is 6.15 Å². The van der Waals surface area contributed by atoms with E-state index in [2.05, 4.69) is 0 Å². The fourth-order valence-electron chi connectivity index (χ4n) is 0. The molecule has 0 saturated heterocycles. The third-order valence-corrected chi connectivity index (χ3v) is 0. The average Bonchev–Trinajstić information content (AvgIpc) is 1.25. The Morgan fingerprint density at radius 1 is 0.750 bits per heavy atom. The Morgan fingerprint density at radius 2 is 0.750 bits per heavy atom. The van der Waals surface area contributed by atoms with Crippen LogP contribution in [-0.4, -0.2) is 121 Å². The summed E-state index contributed by atoms with van der Waals surface area (Å²) in [5.74, 6) is 0. The Kier molecular flexibility index (Phi) is 91.8. The summed E-state index contributed by atoms with van der Waals surface area (Å²) in [6.07, 6.45) is -3.67. The zero-order valence-electron chi connectivity index (χ0n) is 5.31. The molecule has 0 bridgehead atoms. The molecular formula is C2H11NNa3O6+. The zero-order chi connectivity index (χ0) is 7.15. The SMILES string of the molecule is N.O=C(O)O.O=C(O)O.[H+].[NaH].[NaH].[NaH]. The molecule has 0 unspecified atom stereocenters. The van der Waals surface area contributed by atoms with E-state index in [0.29, 0.717) is 0 Å². The van der Waals surface area contributed by atoms with Gasteiger partial charge in [0.1, 0.15) is 0 Å². The van der Waals surface area contributed by atoms with Crippen molar-refractivity contribution in [2.24, 2.45) is 0 Å². The summed E-state index contributed by atoms with van der Waals surface area (Å²) in [5, 5.41) is 27.9. The molecule has 0 aliphatic carbocycles. The monoisotopic (exact) mass is 214 g/mol. The molecule has 7 N–H and O–H groups in total. The van der Waals surface area contributed by atoms with E-state index in [-0.39, 0.29) is 96.2 Å². The van der Waals surface area contributed by atoms with Crippen molar-refractivity contribution in [3.8, 4) is 0 Å². The van der Waals surface area contributed by atoms with Crippen molar-refractivity contribution >= 4 is 101 Å². The van der Waals surface area contributed by atoms with E-state index in [1.165, 1.54) is 0 Å². The molecule has 0 rings (SSSR count). The van der Waals surface area contributed by atoms with Crippen molar-refractivity contribution in [3.05, 3.63) is 0 Å². The van der Waals surface area contributed by atoms with Gasteiger partial charge in [-0.25, -0.2) is 9.59 Å². The molecular weight excluding hydrogens is 203 g/mol. The summed E-state index contributed by atoms with van der Waals surface area (Å²) in [7, 11) is 0. The molecule has 0 fully saturated rings. The fraction of sp³-hybridized carbons (Fsp3) is 0. The van der Waals surface area contributed by atoms with Crippen LogP contribution in [-0.2, 0) is 0 Å². The second-order valence-electron chi connectivity index (χ2n) is 0.565. The maximum atomic E-state index is 8.56. The quantitative estimate of drug-likeness (QED) is 0.317. The first-order valence-electron chi connectivity index (χ1n) is 1.30. The van der Waals surface area contributed by atoms with Gasteiger partial charge in [0.25, 0.3) is 0 Å². The molecule has 0 aromatic carbocycles. The number of hydrogen-bond acceptors (Lipinski definition) is 3. The van der Waals surface area contributed by atoms with E-state index in [4.69, 9.17) is 30.0 Å². The van der Waals surface area contributed by atoms with Crippen LogP contribution >= 0.6 is 0 Å². The van der Waals surface area contributed by atoms with E-state index >= 15 is 0 Å². The molecule has 12 heavy (non-hydrogen) atoms. The van der Waals surface area contributed by atoms with Gasteiger partial charge in [0.2, 0.25) is 0 Å². The second-order valence-corrected chi connectivity index (χ2v) is 0.565. The molecule has 0 saturated carbocycles. The van der Waals surface area contributed by atoms with E-state index in [1.807, 2.05) is 0 Å². The summed E-state index contributed by atoms with van der Waals surface area (Å²) in [4.78, 5) is 17.1. The van der Waals surface area contributed by atoms with Gasteiger partial charge >= 0.3 is 102 Å². The van der Waals surface area contributed by atoms with Gasteiger partial charge in [-0.05, 0) is 0 Å². The summed E-state index contributed by atoms with van der Waals surface area (Å²) >= 11 is 0. The Hall–Kier alpha value is 1.50. The molecule has 0 aliphatic heterocycles. The van der Waals surface area contributed by atoms with E-state index in [0.717, 1.165) is 0 Å². The van der Waals surface area contributed by atoms with Crippen molar-refractivity contribution < 1.29 is 31.4 Å². The summed E-state index contributed by atoms with van der Waals surface area (Å²) in [5.41, 5.74) is 0. The summed E-state index contributed by atoms with van der Waals surface area (Å²) < 4.78 is 0. The van der Waals surface area contributed by atoms with Crippen molar-refractivity contribution in [2.45, 2.75) is 0 Å². The molecule has 0 atom stereocenters. The molecule has 0 radical (unpaired) electrons. The van der Waals surface area contributed by atoms with Crippen molar-refractivity contribution in [1.82, 2.24) is 6.15 Å². The molecule has 0 aliphatic rings. The van der Waals surface area contributed by atoms with Gasteiger partial charge in [-0.1, -0.05) is 0 Å². The molecule has 0 aromatic rings. The van der Waals surface area contributed by atoms with E-state index in [1.54, 1.807) is 0 Å². The average molecular weight is 214 g/mol. The van der Waals surface area contributed by atoms with Crippen molar-refractivity contribution in [2.75, 3.05) is 0 Å². The topological polar surface area (TPSA) is 150 Å². The minimum absolute atomic E-state index is 0. The van der Waals surface area contributed by atoms with Gasteiger partial charge in [0, 0.05) is 0 Å². The maximum absolute atomic E-state index is 8.56. The fourth-order valence-corrected chi connectivity index (χ4v) is 0. The van der Waals surface area contributed by atoms with E-state index in [9.17, 15) is 0 Å². The molecule has 10 heteroatoms. The first-order valence-corrected chi connectivity index (χ1v) is 1.30. The molecule has 0 heterocycles. The molecule has 62 valence electrons. The first kappa shape index (κ1) is 37.5. The number of carbonyl (C=O) groups is 2. The van der Waals surface area contributed by atoms with Crippen LogP contribution in [0.1, 0.15) is 1.43 Å². The van der Waals surface area contributed by atoms with Crippen LogP contribution in [0.4, 0.5) is 9.59 Å². The molecule has 0 amide bonds. The zero-order valence-corrected chi connectivity index (χ0v) is 4.31. The van der Waals surface area contributed by atoms with Crippen LogP contribution in [0.5, 0.6) is 0 Å². The Morgan fingerprint density at radius 3 is 0.750 bits per heavy atom. The van der Waals surface area contributed by atoms with Crippen LogP contribution in [0.3, 0.4) is 0 Å². The molecule has 0 aromatic heterocycles. The normalized spacial score (nSPS) is 4.00. The van der Waals surface area contributed by atoms with Crippen molar-refractivity contribution in [3.63, 3.8) is 0 Å². The Labute approximate surface area is 136 Å². The van der Waals surface area contributed by atoms with Gasteiger partial charge < -0.3 is 26.6 Å². The van der Waals surface area contributed by atoms with Gasteiger partial charge in [0.05, 0.1) is 0 Å². The van der Waals surface area contributed by atoms with Gasteiger partial charge in [-0.2, -0.15) is 0 Å². The number of carboxylic acid groups (broad SMARTS) is 4. The second kappa shape index (κ2) is 29.4. The van der Waals surface area contributed by atoms with Crippen molar-refractivity contribution in [1.29, 1.82) is 0 Å².